The van der Waals surface area contributed by atoms with E-state index in [0.717, 1.165) is 64.2 Å². The summed E-state index contributed by atoms with van der Waals surface area (Å²) in [6.45, 7) is 5.02. The molecule has 0 aliphatic carbocycles. The lowest BCUT2D eigenvalue weighted by atomic mass is 10.1. The van der Waals surface area contributed by atoms with Gasteiger partial charge in [-0.2, -0.15) is 4.98 Å². The second-order valence-electron chi connectivity index (χ2n) is 14.0. The number of hydrogen-bond acceptors (Lipinski definition) is 10. The van der Waals surface area contributed by atoms with Crippen LogP contribution in [0.2, 0.25) is 0 Å². The fourth-order valence-electron chi connectivity index (χ4n) is 6.09. The van der Waals surface area contributed by atoms with Gasteiger partial charge in [0.25, 0.3) is 12.0 Å². The molecule has 0 saturated carbocycles. The number of aromatic nitrogens is 2. The Hall–Kier alpha value is -3.34. The molecule has 0 amide bonds. The Morgan fingerprint density at radius 2 is 1.21 bits per heavy atom. The largest absolute Gasteiger partial charge is 0.466 e. The third-order valence-electron chi connectivity index (χ3n) is 9.20. The summed E-state index contributed by atoms with van der Waals surface area (Å²) in [5, 5.41) is 2.98. The van der Waals surface area contributed by atoms with Gasteiger partial charge in [0.05, 0.1) is 19.9 Å². The van der Waals surface area contributed by atoms with E-state index >= 15 is 0 Å². The van der Waals surface area contributed by atoms with E-state index in [1.54, 1.807) is 4.90 Å². The Labute approximate surface area is 313 Å². The second kappa shape index (κ2) is 30.2. The van der Waals surface area contributed by atoms with E-state index in [0.29, 0.717) is 12.8 Å². The predicted octanol–water partition coefficient (Wildman–Crippen LogP) is 9.83. The number of allylic oxidation sites excluding steroid dienone is 4. The van der Waals surface area contributed by atoms with Crippen molar-refractivity contribution in [2.45, 2.75) is 181 Å². The standard InChI is InChI=1S/C41H71N5O6/c1-3-5-7-9-11-13-15-17-19-21-23-25-27-30-35(47)50-32-29-33-51-41(46-34-43-37-38(46)44-40(42)45-39(37)49)52-36(48)31-28-26-24-22-20-18-16-14-12-10-8-6-4-2/h13-16,41,43H,3-12,17-34H2,1-2H3,(H3,42,44,45,49). The molecule has 0 bridgehead atoms. The molecule has 11 heteroatoms. The lowest BCUT2D eigenvalue weighted by Crippen LogP contribution is -2.41. The van der Waals surface area contributed by atoms with Crippen molar-refractivity contribution in [1.82, 2.24) is 9.97 Å². The minimum absolute atomic E-state index is 0.0439. The normalized spacial score (nSPS) is 13.2. The number of H-pyrrole nitrogens is 1. The zero-order valence-corrected chi connectivity index (χ0v) is 32.6. The summed E-state index contributed by atoms with van der Waals surface area (Å²) in [5.41, 5.74) is 5.63. The van der Waals surface area contributed by atoms with Gasteiger partial charge in [-0.3, -0.25) is 24.3 Å². The monoisotopic (exact) mass is 730 g/mol. The number of anilines is 3. The first-order valence-electron chi connectivity index (χ1n) is 20.6. The Kier molecular flexibility index (Phi) is 26.0. The van der Waals surface area contributed by atoms with Crippen LogP contribution in [0.15, 0.2) is 29.1 Å². The maximum absolute atomic E-state index is 12.9. The molecule has 0 aromatic carbocycles. The maximum Gasteiger partial charge on any atom is 0.309 e. The average Bonchev–Trinajstić information content (AvgIpc) is 3.55. The van der Waals surface area contributed by atoms with E-state index in [4.69, 9.17) is 19.9 Å². The molecule has 0 radical (unpaired) electrons. The zero-order valence-electron chi connectivity index (χ0n) is 32.6. The second-order valence-corrected chi connectivity index (χ2v) is 14.0. The molecule has 296 valence electrons. The number of esters is 2. The van der Waals surface area contributed by atoms with Crippen LogP contribution in [-0.2, 0) is 23.8 Å². The number of nitrogen functional groups attached to an aromatic ring is 1. The van der Waals surface area contributed by atoms with Gasteiger partial charge in [0.2, 0.25) is 5.95 Å². The number of carbonyl (C=O) groups excluding carboxylic acids is 2. The van der Waals surface area contributed by atoms with Gasteiger partial charge in [0, 0.05) is 19.3 Å². The number of rotatable bonds is 33. The molecule has 52 heavy (non-hydrogen) atoms. The molecule has 1 aromatic heterocycles. The molecule has 1 aliphatic heterocycles. The first-order valence-corrected chi connectivity index (χ1v) is 20.6. The number of aromatic amines is 1. The van der Waals surface area contributed by atoms with Crippen molar-refractivity contribution >= 4 is 29.4 Å². The summed E-state index contributed by atoms with van der Waals surface area (Å²) >= 11 is 0. The highest BCUT2D eigenvalue weighted by molar-refractivity contribution is 5.73. The van der Waals surface area contributed by atoms with Crippen molar-refractivity contribution in [1.29, 1.82) is 0 Å². The Balaban J connectivity index is 1.63. The molecule has 1 aliphatic rings. The zero-order chi connectivity index (χ0) is 37.5. The van der Waals surface area contributed by atoms with Crippen LogP contribution >= 0.6 is 0 Å². The number of nitrogens with two attached hydrogens (primary N) is 1. The van der Waals surface area contributed by atoms with Crippen molar-refractivity contribution < 1.29 is 23.8 Å². The maximum atomic E-state index is 12.9. The van der Waals surface area contributed by atoms with Gasteiger partial charge in [0.15, 0.2) is 5.82 Å². The fraction of sp³-hybridized carbons (Fsp3) is 0.756. The Morgan fingerprint density at radius 1 is 0.712 bits per heavy atom. The Morgan fingerprint density at radius 3 is 1.77 bits per heavy atom. The van der Waals surface area contributed by atoms with Crippen LogP contribution < -0.4 is 21.5 Å². The van der Waals surface area contributed by atoms with E-state index in [-0.39, 0.29) is 55.7 Å². The highest BCUT2D eigenvalue weighted by Crippen LogP contribution is 2.28. The molecular formula is C41H71N5O6. The molecule has 0 spiro atoms. The molecular weight excluding hydrogens is 658 g/mol. The van der Waals surface area contributed by atoms with Crippen LogP contribution in [0.3, 0.4) is 0 Å². The summed E-state index contributed by atoms with van der Waals surface area (Å²) in [6.07, 6.45) is 34.7. The van der Waals surface area contributed by atoms with E-state index in [1.165, 1.54) is 77.0 Å². The first kappa shape index (κ1) is 44.8. The molecule has 1 aromatic rings. The highest BCUT2D eigenvalue weighted by Gasteiger charge is 2.32. The number of carbonyl (C=O) groups is 2. The van der Waals surface area contributed by atoms with Crippen molar-refractivity contribution in [2.24, 2.45) is 0 Å². The summed E-state index contributed by atoms with van der Waals surface area (Å²) in [5.74, 6) is -0.380. The average molecular weight is 730 g/mol. The van der Waals surface area contributed by atoms with Crippen LogP contribution in [0.25, 0.3) is 0 Å². The van der Waals surface area contributed by atoms with Gasteiger partial charge in [0.1, 0.15) is 5.69 Å². The van der Waals surface area contributed by atoms with Gasteiger partial charge in [-0.1, -0.05) is 115 Å². The quantitative estimate of drug-likeness (QED) is 0.0276. The number of hydrogen-bond donors (Lipinski definition) is 3. The lowest BCUT2D eigenvalue weighted by Gasteiger charge is -2.27. The third kappa shape index (κ3) is 21.2. The van der Waals surface area contributed by atoms with Crippen LogP contribution in [0.1, 0.15) is 174 Å². The number of fused-ring (bicyclic) bond motifs is 1. The summed E-state index contributed by atoms with van der Waals surface area (Å²) in [7, 11) is 0. The van der Waals surface area contributed by atoms with Crippen molar-refractivity contribution in [3.63, 3.8) is 0 Å². The number of nitrogens with one attached hydrogen (secondary N) is 2. The van der Waals surface area contributed by atoms with Gasteiger partial charge < -0.3 is 25.3 Å². The molecule has 1 atom stereocenters. The van der Waals surface area contributed by atoms with E-state index < -0.39 is 12.0 Å². The van der Waals surface area contributed by atoms with E-state index in [2.05, 4.69) is 53.4 Å². The predicted molar refractivity (Wildman–Crippen MR) is 212 cm³/mol. The first-order chi connectivity index (χ1) is 25.5. The molecule has 2 rings (SSSR count). The number of unbranched alkanes of at least 4 members (excludes halogenated alkanes) is 18. The van der Waals surface area contributed by atoms with Gasteiger partial charge in [-0.15, -0.1) is 0 Å². The lowest BCUT2D eigenvalue weighted by molar-refractivity contribution is -0.179. The molecule has 1 unspecified atom stereocenters. The SMILES string of the molecule is CCCCCCC=CCCCCCCCC(=O)OCCCOC(OC(=O)CCCCCCCC=CCCCCCC)N1CNc2c1nc(N)[nH]c2=O. The van der Waals surface area contributed by atoms with Crippen molar-refractivity contribution in [2.75, 3.05) is 35.8 Å². The smallest absolute Gasteiger partial charge is 0.309 e. The van der Waals surface area contributed by atoms with Crippen molar-refractivity contribution in [3.8, 4) is 0 Å². The molecule has 0 fully saturated rings. The molecule has 2 heterocycles. The molecule has 0 saturated heterocycles. The van der Waals surface area contributed by atoms with Gasteiger partial charge >= 0.3 is 11.9 Å². The summed E-state index contributed by atoms with van der Waals surface area (Å²) in [4.78, 5) is 45.8. The number of ether oxygens (including phenoxy) is 3. The van der Waals surface area contributed by atoms with Gasteiger partial charge in [-0.25, -0.2) is 0 Å². The molecule has 4 N–H and O–H groups in total. The summed E-state index contributed by atoms with van der Waals surface area (Å²) in [6, 6.07) is 0. The van der Waals surface area contributed by atoms with Crippen LogP contribution in [-0.4, -0.2) is 48.2 Å². The van der Waals surface area contributed by atoms with Crippen LogP contribution in [0, 0.1) is 0 Å². The van der Waals surface area contributed by atoms with Crippen LogP contribution in [0.4, 0.5) is 17.5 Å². The molecule has 11 nitrogen and oxygen atoms in total. The Bertz CT molecular complexity index is 1200. The minimum atomic E-state index is -1.11. The highest BCUT2D eigenvalue weighted by atomic mass is 16.7. The topological polar surface area (TPSA) is 149 Å². The number of nitrogens with zero attached hydrogens (tertiary/aromatic N) is 2. The fourth-order valence-corrected chi connectivity index (χ4v) is 6.09. The van der Waals surface area contributed by atoms with Gasteiger partial charge in [-0.05, 0) is 64.2 Å². The van der Waals surface area contributed by atoms with Crippen molar-refractivity contribution in [3.05, 3.63) is 34.7 Å². The van der Waals surface area contributed by atoms with Crippen LogP contribution in [0.5, 0.6) is 0 Å². The summed E-state index contributed by atoms with van der Waals surface area (Å²) < 4.78 is 17.1. The third-order valence-corrected chi connectivity index (χ3v) is 9.20. The van der Waals surface area contributed by atoms with E-state index in [1.807, 2.05) is 0 Å². The minimum Gasteiger partial charge on any atom is -0.466 e. The van der Waals surface area contributed by atoms with E-state index in [9.17, 15) is 14.4 Å².